The lowest BCUT2D eigenvalue weighted by molar-refractivity contribution is -0.132. The molecule has 1 aromatic rings. The highest BCUT2D eigenvalue weighted by Crippen LogP contribution is 2.28. The average molecular weight is 274 g/mol. The van der Waals surface area contributed by atoms with Crippen LogP contribution in [0, 0.1) is 5.41 Å². The molecule has 2 rings (SSSR count). The highest BCUT2D eigenvalue weighted by molar-refractivity contribution is 6.02. The van der Waals surface area contributed by atoms with Gasteiger partial charge in [-0.1, -0.05) is 39.0 Å². The maximum atomic E-state index is 12.5. The van der Waals surface area contributed by atoms with E-state index in [1.165, 1.54) is 0 Å². The van der Waals surface area contributed by atoms with Gasteiger partial charge in [0.25, 0.3) is 0 Å². The topological polar surface area (TPSA) is 49.4 Å². The maximum absolute atomic E-state index is 12.5. The number of para-hydroxylation sites is 1. The second-order valence-corrected chi connectivity index (χ2v) is 6.19. The first-order valence-corrected chi connectivity index (χ1v) is 7.05. The molecule has 1 heterocycles. The van der Waals surface area contributed by atoms with Gasteiger partial charge in [0.05, 0.1) is 0 Å². The number of nitrogens with one attached hydrogen (secondary N) is 1. The lowest BCUT2D eigenvalue weighted by Gasteiger charge is -2.34. The number of benzene rings is 1. The molecule has 0 saturated heterocycles. The van der Waals surface area contributed by atoms with Crippen LogP contribution >= 0.6 is 0 Å². The zero-order valence-electron chi connectivity index (χ0n) is 12.6. The van der Waals surface area contributed by atoms with E-state index in [1.807, 2.05) is 52.0 Å². The van der Waals surface area contributed by atoms with Gasteiger partial charge < -0.3 is 10.2 Å². The Balaban J connectivity index is 2.26. The number of nitrogens with zero attached hydrogens (tertiary/aromatic N) is 1. The van der Waals surface area contributed by atoms with Gasteiger partial charge in [-0.3, -0.25) is 9.59 Å². The van der Waals surface area contributed by atoms with Crippen molar-refractivity contribution < 1.29 is 9.59 Å². The standard InChI is InChI=1S/C16H22N2O2/c1-5-18-13-9-7-6-8-11(13)10-12(14(18)19)17-15(20)16(2,3)4/h6-9,12H,5,10H2,1-4H3,(H,17,20)/t12-/m0/s1. The van der Waals surface area contributed by atoms with Gasteiger partial charge >= 0.3 is 0 Å². The molecule has 0 bridgehead atoms. The van der Waals surface area contributed by atoms with Gasteiger partial charge in [-0.25, -0.2) is 0 Å². The molecule has 4 nitrogen and oxygen atoms in total. The molecule has 1 aliphatic heterocycles. The molecule has 1 aliphatic rings. The van der Waals surface area contributed by atoms with Crippen LogP contribution in [0.15, 0.2) is 24.3 Å². The van der Waals surface area contributed by atoms with Crippen LogP contribution in [0.5, 0.6) is 0 Å². The normalized spacial score (nSPS) is 18.7. The number of carbonyl (C=O) groups excluding carboxylic acids is 2. The summed E-state index contributed by atoms with van der Waals surface area (Å²) in [5, 5.41) is 2.88. The molecule has 20 heavy (non-hydrogen) atoms. The van der Waals surface area contributed by atoms with Crippen LogP contribution in [0.1, 0.15) is 33.3 Å². The molecule has 0 unspecified atom stereocenters. The molecule has 0 aliphatic carbocycles. The van der Waals surface area contributed by atoms with Gasteiger partial charge in [0.1, 0.15) is 6.04 Å². The Kier molecular flexibility index (Phi) is 3.84. The highest BCUT2D eigenvalue weighted by atomic mass is 16.2. The molecule has 2 amide bonds. The maximum Gasteiger partial charge on any atom is 0.249 e. The Morgan fingerprint density at radius 1 is 1.35 bits per heavy atom. The molecule has 0 radical (unpaired) electrons. The summed E-state index contributed by atoms with van der Waals surface area (Å²) >= 11 is 0. The van der Waals surface area contributed by atoms with Crippen LogP contribution in [0.4, 0.5) is 5.69 Å². The smallest absolute Gasteiger partial charge is 0.249 e. The second kappa shape index (κ2) is 5.27. The fraction of sp³-hybridized carbons (Fsp3) is 0.500. The minimum atomic E-state index is -0.492. The number of hydrogen-bond donors (Lipinski definition) is 1. The van der Waals surface area contributed by atoms with Crippen LogP contribution in [-0.2, 0) is 16.0 Å². The van der Waals surface area contributed by atoms with E-state index in [9.17, 15) is 9.59 Å². The molecule has 1 atom stereocenters. The van der Waals surface area contributed by atoms with Crippen LogP contribution in [0.3, 0.4) is 0 Å². The van der Waals surface area contributed by atoms with Gasteiger partial charge in [0.2, 0.25) is 11.8 Å². The Hall–Kier alpha value is -1.84. The Morgan fingerprint density at radius 3 is 2.60 bits per heavy atom. The van der Waals surface area contributed by atoms with Crippen molar-refractivity contribution in [3.05, 3.63) is 29.8 Å². The van der Waals surface area contributed by atoms with E-state index in [-0.39, 0.29) is 11.8 Å². The van der Waals surface area contributed by atoms with Crippen molar-refractivity contribution in [2.75, 3.05) is 11.4 Å². The first kappa shape index (κ1) is 14.6. The van der Waals surface area contributed by atoms with Gasteiger partial charge in [-0.2, -0.15) is 0 Å². The van der Waals surface area contributed by atoms with E-state index in [0.29, 0.717) is 13.0 Å². The van der Waals surface area contributed by atoms with Crippen LogP contribution < -0.4 is 10.2 Å². The number of hydrogen-bond acceptors (Lipinski definition) is 2. The lowest BCUT2D eigenvalue weighted by Crippen LogP contribution is -2.54. The molecular formula is C16H22N2O2. The summed E-state index contributed by atoms with van der Waals surface area (Å²) in [6.45, 7) is 8.10. The predicted octanol–water partition coefficient (Wildman–Crippen LogP) is 2.13. The Morgan fingerprint density at radius 2 is 2.00 bits per heavy atom. The van der Waals surface area contributed by atoms with E-state index in [1.54, 1.807) is 4.90 Å². The molecule has 0 aromatic heterocycles. The number of rotatable bonds is 2. The van der Waals surface area contributed by atoms with Crippen LogP contribution in [0.25, 0.3) is 0 Å². The summed E-state index contributed by atoms with van der Waals surface area (Å²) in [6, 6.07) is 7.41. The molecule has 0 fully saturated rings. The second-order valence-electron chi connectivity index (χ2n) is 6.19. The highest BCUT2D eigenvalue weighted by Gasteiger charge is 2.34. The quantitative estimate of drug-likeness (QED) is 0.898. The summed E-state index contributed by atoms with van der Waals surface area (Å²) < 4.78 is 0. The van der Waals surface area contributed by atoms with E-state index in [4.69, 9.17) is 0 Å². The number of carbonyl (C=O) groups is 2. The number of amides is 2. The molecule has 1 N–H and O–H groups in total. The monoisotopic (exact) mass is 274 g/mol. The van der Waals surface area contributed by atoms with Crippen LogP contribution in [0.2, 0.25) is 0 Å². The summed E-state index contributed by atoms with van der Waals surface area (Å²) in [7, 11) is 0. The number of fused-ring (bicyclic) bond motifs is 1. The molecular weight excluding hydrogens is 252 g/mol. The lowest BCUT2D eigenvalue weighted by atomic mass is 9.92. The summed E-state index contributed by atoms with van der Waals surface area (Å²) in [5.41, 5.74) is 1.57. The van der Waals surface area contributed by atoms with Crippen molar-refractivity contribution in [1.29, 1.82) is 0 Å². The van der Waals surface area contributed by atoms with E-state index < -0.39 is 11.5 Å². The third-order valence-electron chi connectivity index (χ3n) is 3.57. The molecule has 4 heteroatoms. The van der Waals surface area contributed by atoms with Gasteiger partial charge in [0, 0.05) is 24.1 Å². The molecule has 1 aromatic carbocycles. The summed E-state index contributed by atoms with van der Waals surface area (Å²) in [4.78, 5) is 26.3. The van der Waals surface area contributed by atoms with E-state index >= 15 is 0 Å². The third-order valence-corrected chi connectivity index (χ3v) is 3.57. The minimum absolute atomic E-state index is 0.0243. The predicted molar refractivity (Wildman–Crippen MR) is 79.6 cm³/mol. The van der Waals surface area contributed by atoms with Gasteiger partial charge in [0.15, 0.2) is 0 Å². The fourth-order valence-corrected chi connectivity index (χ4v) is 2.37. The molecule has 0 spiro atoms. The first-order chi connectivity index (χ1) is 9.34. The first-order valence-electron chi connectivity index (χ1n) is 7.05. The molecule has 108 valence electrons. The van der Waals surface area contributed by atoms with Crippen molar-refractivity contribution in [1.82, 2.24) is 5.32 Å². The zero-order valence-corrected chi connectivity index (χ0v) is 12.6. The summed E-state index contributed by atoms with van der Waals surface area (Å²) in [6.07, 6.45) is 0.563. The number of anilines is 1. The SMILES string of the molecule is CCN1C(=O)[C@@H](NC(=O)C(C)(C)C)Cc2ccccc21. The third kappa shape index (κ3) is 2.69. The van der Waals surface area contributed by atoms with Crippen LogP contribution in [-0.4, -0.2) is 24.4 Å². The van der Waals surface area contributed by atoms with Crippen molar-refractivity contribution >= 4 is 17.5 Å². The fourth-order valence-electron chi connectivity index (χ4n) is 2.37. The average Bonchev–Trinajstić information content (AvgIpc) is 2.38. The van der Waals surface area contributed by atoms with Crippen molar-refractivity contribution in [3.8, 4) is 0 Å². The van der Waals surface area contributed by atoms with E-state index in [0.717, 1.165) is 11.3 Å². The van der Waals surface area contributed by atoms with Crippen molar-refractivity contribution in [2.45, 2.75) is 40.2 Å². The van der Waals surface area contributed by atoms with Crippen molar-refractivity contribution in [3.63, 3.8) is 0 Å². The largest absolute Gasteiger partial charge is 0.344 e. The van der Waals surface area contributed by atoms with E-state index in [2.05, 4.69) is 5.32 Å². The Labute approximate surface area is 120 Å². The zero-order chi connectivity index (χ0) is 14.9. The Bertz CT molecular complexity index is 532. The molecule has 0 saturated carbocycles. The number of likely N-dealkylation sites (N-methyl/N-ethyl adjacent to an activating group) is 1. The van der Waals surface area contributed by atoms with Gasteiger partial charge in [-0.15, -0.1) is 0 Å². The van der Waals surface area contributed by atoms with Crippen molar-refractivity contribution in [2.24, 2.45) is 5.41 Å². The summed E-state index contributed by atoms with van der Waals surface area (Å²) in [5.74, 6) is -0.116. The minimum Gasteiger partial charge on any atom is -0.344 e. The van der Waals surface area contributed by atoms with Gasteiger partial charge in [-0.05, 0) is 18.6 Å².